The van der Waals surface area contributed by atoms with Crippen LogP contribution in [0.15, 0.2) is 11.4 Å². The average Bonchev–Trinajstić information content (AvgIpc) is 2.52. The van der Waals surface area contributed by atoms with E-state index >= 15 is 0 Å². The number of hydrogen-bond acceptors (Lipinski definition) is 3. The third-order valence-electron chi connectivity index (χ3n) is 2.88. The molecule has 1 atom stereocenters. The van der Waals surface area contributed by atoms with Gasteiger partial charge in [-0.1, -0.05) is 0 Å². The van der Waals surface area contributed by atoms with Gasteiger partial charge in [-0.15, -0.1) is 23.7 Å². The van der Waals surface area contributed by atoms with E-state index in [1.54, 1.807) is 0 Å². The summed E-state index contributed by atoms with van der Waals surface area (Å²) >= 11 is 1.86. The summed E-state index contributed by atoms with van der Waals surface area (Å²) in [5.74, 6) is 0. The highest BCUT2D eigenvalue weighted by Crippen LogP contribution is 2.19. The van der Waals surface area contributed by atoms with Gasteiger partial charge in [0.15, 0.2) is 0 Å². The molecule has 1 fully saturated rings. The molecule has 2 N–H and O–H groups in total. The van der Waals surface area contributed by atoms with Crippen LogP contribution in [-0.4, -0.2) is 24.0 Å². The summed E-state index contributed by atoms with van der Waals surface area (Å²) in [4.78, 5) is 3.98. The molecule has 0 saturated carbocycles. The number of rotatable bonds is 2. The number of aryl methyl sites for hydroxylation is 1. The molecule has 1 aliphatic rings. The zero-order chi connectivity index (χ0) is 9.97. The van der Waals surface area contributed by atoms with E-state index < -0.39 is 0 Å². The smallest absolute Gasteiger partial charge is 0.0331 e. The van der Waals surface area contributed by atoms with Gasteiger partial charge < -0.3 is 5.73 Å². The van der Waals surface area contributed by atoms with Crippen molar-refractivity contribution in [1.29, 1.82) is 0 Å². The van der Waals surface area contributed by atoms with E-state index in [0.29, 0.717) is 6.04 Å². The zero-order valence-electron chi connectivity index (χ0n) is 9.11. The molecule has 0 aromatic carbocycles. The SMILES string of the molecule is Cc1ccsc1CN1CCCC(N)C1.Cl. The minimum absolute atomic E-state index is 0. The Hall–Kier alpha value is -0.0900. The first kappa shape index (κ1) is 13.0. The van der Waals surface area contributed by atoms with Crippen molar-refractivity contribution in [3.8, 4) is 0 Å². The molecule has 0 spiro atoms. The number of piperidine rings is 1. The minimum Gasteiger partial charge on any atom is -0.327 e. The summed E-state index contributed by atoms with van der Waals surface area (Å²) in [6.07, 6.45) is 2.45. The van der Waals surface area contributed by atoms with Crippen LogP contribution in [-0.2, 0) is 6.54 Å². The molecule has 1 aromatic rings. The number of thiophene rings is 1. The normalized spacial score (nSPS) is 22.4. The van der Waals surface area contributed by atoms with Crippen LogP contribution in [0.4, 0.5) is 0 Å². The van der Waals surface area contributed by atoms with Crippen LogP contribution in [0.5, 0.6) is 0 Å². The van der Waals surface area contributed by atoms with Crippen molar-refractivity contribution >= 4 is 23.7 Å². The predicted molar refractivity (Wildman–Crippen MR) is 68.8 cm³/mol. The Morgan fingerprint density at radius 1 is 1.60 bits per heavy atom. The Morgan fingerprint density at radius 2 is 2.40 bits per heavy atom. The van der Waals surface area contributed by atoms with Crippen LogP contribution < -0.4 is 5.73 Å². The zero-order valence-corrected chi connectivity index (χ0v) is 10.7. The van der Waals surface area contributed by atoms with Crippen molar-refractivity contribution < 1.29 is 0 Å². The van der Waals surface area contributed by atoms with Crippen LogP contribution >= 0.6 is 23.7 Å². The fourth-order valence-electron chi connectivity index (χ4n) is 2.00. The van der Waals surface area contributed by atoms with Gasteiger partial charge in [0.25, 0.3) is 0 Å². The fourth-order valence-corrected chi connectivity index (χ4v) is 2.95. The summed E-state index contributed by atoms with van der Waals surface area (Å²) in [5.41, 5.74) is 7.38. The Bertz CT molecular complexity index is 301. The summed E-state index contributed by atoms with van der Waals surface area (Å²) < 4.78 is 0. The number of nitrogens with two attached hydrogens (primary N) is 1. The maximum Gasteiger partial charge on any atom is 0.0331 e. The van der Waals surface area contributed by atoms with Crippen LogP contribution in [0.2, 0.25) is 0 Å². The lowest BCUT2D eigenvalue weighted by atomic mass is 10.1. The minimum atomic E-state index is 0. The number of likely N-dealkylation sites (tertiary alicyclic amines) is 1. The number of nitrogens with zero attached hydrogens (tertiary/aromatic N) is 1. The molecule has 15 heavy (non-hydrogen) atoms. The Balaban J connectivity index is 0.00000112. The molecule has 0 bridgehead atoms. The van der Waals surface area contributed by atoms with E-state index in [4.69, 9.17) is 5.73 Å². The van der Waals surface area contributed by atoms with Crippen molar-refractivity contribution in [2.45, 2.75) is 32.4 Å². The standard InChI is InChI=1S/C11H18N2S.ClH/c1-9-4-6-14-11(9)8-13-5-2-3-10(12)7-13;/h4,6,10H,2-3,5,7-8,12H2,1H3;1H. The summed E-state index contributed by atoms with van der Waals surface area (Å²) in [7, 11) is 0. The van der Waals surface area contributed by atoms with Gasteiger partial charge in [0.05, 0.1) is 0 Å². The van der Waals surface area contributed by atoms with Crippen molar-refractivity contribution in [3.63, 3.8) is 0 Å². The van der Waals surface area contributed by atoms with Gasteiger partial charge in [0, 0.05) is 24.0 Å². The first-order valence-corrected chi connectivity index (χ1v) is 6.14. The highest BCUT2D eigenvalue weighted by molar-refractivity contribution is 7.10. The summed E-state index contributed by atoms with van der Waals surface area (Å²) in [5, 5.41) is 2.18. The Labute approximate surface area is 102 Å². The molecular weight excluding hydrogens is 228 g/mol. The molecule has 2 nitrogen and oxygen atoms in total. The highest BCUT2D eigenvalue weighted by atomic mass is 35.5. The molecular formula is C11H19ClN2S. The second kappa shape index (κ2) is 5.85. The van der Waals surface area contributed by atoms with E-state index in [9.17, 15) is 0 Å². The summed E-state index contributed by atoms with van der Waals surface area (Å²) in [6, 6.07) is 2.59. The van der Waals surface area contributed by atoms with Crippen LogP contribution in [0, 0.1) is 6.92 Å². The molecule has 4 heteroatoms. The van der Waals surface area contributed by atoms with Crippen molar-refractivity contribution in [2.24, 2.45) is 5.73 Å². The molecule has 2 heterocycles. The van der Waals surface area contributed by atoms with Gasteiger partial charge in [-0.25, -0.2) is 0 Å². The quantitative estimate of drug-likeness (QED) is 0.869. The van der Waals surface area contributed by atoms with Gasteiger partial charge in [-0.2, -0.15) is 0 Å². The largest absolute Gasteiger partial charge is 0.327 e. The lowest BCUT2D eigenvalue weighted by molar-refractivity contribution is 0.203. The van der Waals surface area contributed by atoms with Gasteiger partial charge in [0.2, 0.25) is 0 Å². The van der Waals surface area contributed by atoms with E-state index in [1.807, 2.05) is 11.3 Å². The van der Waals surface area contributed by atoms with Gasteiger partial charge in [-0.3, -0.25) is 4.90 Å². The lowest BCUT2D eigenvalue weighted by Gasteiger charge is -2.30. The average molecular weight is 247 g/mol. The molecule has 0 amide bonds. The number of hydrogen-bond donors (Lipinski definition) is 1. The van der Waals surface area contributed by atoms with Crippen LogP contribution in [0.3, 0.4) is 0 Å². The van der Waals surface area contributed by atoms with Gasteiger partial charge in [-0.05, 0) is 43.3 Å². The molecule has 1 unspecified atom stereocenters. The van der Waals surface area contributed by atoms with Crippen LogP contribution in [0.25, 0.3) is 0 Å². The Kier molecular flexibility index (Phi) is 5.06. The molecule has 86 valence electrons. The molecule has 1 aromatic heterocycles. The van der Waals surface area contributed by atoms with Gasteiger partial charge >= 0.3 is 0 Å². The van der Waals surface area contributed by atoms with Gasteiger partial charge in [0.1, 0.15) is 0 Å². The summed E-state index contributed by atoms with van der Waals surface area (Å²) in [6.45, 7) is 5.56. The predicted octanol–water partition coefficient (Wildman–Crippen LogP) is 2.40. The Morgan fingerprint density at radius 3 is 3.00 bits per heavy atom. The fraction of sp³-hybridized carbons (Fsp3) is 0.636. The van der Waals surface area contributed by atoms with E-state index in [2.05, 4.69) is 23.3 Å². The first-order valence-electron chi connectivity index (χ1n) is 5.26. The van der Waals surface area contributed by atoms with Crippen molar-refractivity contribution in [1.82, 2.24) is 4.90 Å². The monoisotopic (exact) mass is 246 g/mol. The maximum atomic E-state index is 5.95. The third kappa shape index (κ3) is 3.45. The molecule has 1 saturated heterocycles. The molecule has 0 aliphatic carbocycles. The lowest BCUT2D eigenvalue weighted by Crippen LogP contribution is -2.42. The van der Waals surface area contributed by atoms with E-state index in [-0.39, 0.29) is 12.4 Å². The second-order valence-corrected chi connectivity index (χ2v) is 5.16. The number of halogens is 1. The highest BCUT2D eigenvalue weighted by Gasteiger charge is 2.17. The first-order chi connectivity index (χ1) is 6.75. The maximum absolute atomic E-state index is 5.95. The van der Waals surface area contributed by atoms with Crippen molar-refractivity contribution in [3.05, 3.63) is 21.9 Å². The van der Waals surface area contributed by atoms with E-state index in [1.165, 1.54) is 29.8 Å². The molecule has 0 radical (unpaired) electrons. The third-order valence-corrected chi connectivity index (χ3v) is 3.89. The van der Waals surface area contributed by atoms with E-state index in [0.717, 1.165) is 13.1 Å². The topological polar surface area (TPSA) is 29.3 Å². The molecule has 2 rings (SSSR count). The van der Waals surface area contributed by atoms with Crippen LogP contribution in [0.1, 0.15) is 23.3 Å². The second-order valence-electron chi connectivity index (χ2n) is 4.16. The van der Waals surface area contributed by atoms with Crippen molar-refractivity contribution in [2.75, 3.05) is 13.1 Å². The molecule has 1 aliphatic heterocycles.